The standard InChI is InChI=1S/C18H21BrN2/c1-14-9-16(19)12-18(10-14)21-8-7-20-17(13-21)11-15-5-3-2-4-6-15/h2-6,9-10,12,17,20H,7-8,11,13H2,1H3. The Morgan fingerprint density at radius 2 is 2.00 bits per heavy atom. The fourth-order valence-electron chi connectivity index (χ4n) is 2.99. The van der Waals surface area contributed by atoms with Crippen LogP contribution in [0.25, 0.3) is 0 Å². The van der Waals surface area contributed by atoms with Crippen molar-refractivity contribution in [3.63, 3.8) is 0 Å². The smallest absolute Gasteiger partial charge is 0.0381 e. The van der Waals surface area contributed by atoms with Gasteiger partial charge in [-0.15, -0.1) is 0 Å². The second kappa shape index (κ2) is 6.63. The van der Waals surface area contributed by atoms with E-state index in [9.17, 15) is 0 Å². The molecule has 0 amide bonds. The molecule has 2 aromatic carbocycles. The molecule has 21 heavy (non-hydrogen) atoms. The van der Waals surface area contributed by atoms with E-state index in [4.69, 9.17) is 0 Å². The zero-order chi connectivity index (χ0) is 14.7. The van der Waals surface area contributed by atoms with Crippen LogP contribution in [0.5, 0.6) is 0 Å². The quantitative estimate of drug-likeness (QED) is 0.911. The second-order valence-electron chi connectivity index (χ2n) is 5.77. The second-order valence-corrected chi connectivity index (χ2v) is 6.69. The maximum Gasteiger partial charge on any atom is 0.0381 e. The van der Waals surface area contributed by atoms with Gasteiger partial charge in [0.2, 0.25) is 0 Å². The summed E-state index contributed by atoms with van der Waals surface area (Å²) < 4.78 is 1.16. The monoisotopic (exact) mass is 344 g/mol. The summed E-state index contributed by atoms with van der Waals surface area (Å²) in [7, 11) is 0. The number of nitrogens with zero attached hydrogens (tertiary/aromatic N) is 1. The highest BCUT2D eigenvalue weighted by Gasteiger charge is 2.20. The number of halogens is 1. The van der Waals surface area contributed by atoms with E-state index in [0.717, 1.165) is 30.5 Å². The summed E-state index contributed by atoms with van der Waals surface area (Å²) in [6, 6.07) is 17.9. The van der Waals surface area contributed by atoms with Crippen LogP contribution >= 0.6 is 15.9 Å². The molecule has 0 spiro atoms. The molecule has 1 saturated heterocycles. The normalized spacial score (nSPS) is 18.8. The molecule has 110 valence electrons. The molecule has 2 nitrogen and oxygen atoms in total. The lowest BCUT2D eigenvalue weighted by Crippen LogP contribution is -2.51. The van der Waals surface area contributed by atoms with E-state index in [1.165, 1.54) is 16.8 Å². The number of piperazine rings is 1. The third-order valence-corrected chi connectivity index (χ3v) is 4.43. The molecule has 3 heteroatoms. The highest BCUT2D eigenvalue weighted by molar-refractivity contribution is 9.10. The molecule has 2 aromatic rings. The molecular weight excluding hydrogens is 324 g/mol. The largest absolute Gasteiger partial charge is 0.369 e. The van der Waals surface area contributed by atoms with E-state index < -0.39 is 0 Å². The van der Waals surface area contributed by atoms with Gasteiger partial charge in [0.15, 0.2) is 0 Å². The average Bonchev–Trinajstić information content (AvgIpc) is 2.47. The van der Waals surface area contributed by atoms with Gasteiger partial charge >= 0.3 is 0 Å². The van der Waals surface area contributed by atoms with Crippen molar-refractivity contribution in [1.29, 1.82) is 0 Å². The molecule has 1 fully saturated rings. The van der Waals surface area contributed by atoms with Crippen molar-refractivity contribution in [2.24, 2.45) is 0 Å². The lowest BCUT2D eigenvalue weighted by atomic mass is 10.0. The van der Waals surface area contributed by atoms with E-state index in [-0.39, 0.29) is 0 Å². The van der Waals surface area contributed by atoms with Crippen molar-refractivity contribution in [2.75, 3.05) is 24.5 Å². The predicted octanol–water partition coefficient (Wildman–Crippen LogP) is 3.78. The molecular formula is C18H21BrN2. The van der Waals surface area contributed by atoms with Crippen LogP contribution in [0.15, 0.2) is 53.0 Å². The zero-order valence-electron chi connectivity index (χ0n) is 12.3. The van der Waals surface area contributed by atoms with Gasteiger partial charge in [-0.3, -0.25) is 0 Å². The Bertz CT molecular complexity index is 577. The lowest BCUT2D eigenvalue weighted by Gasteiger charge is -2.35. The Hall–Kier alpha value is -1.32. The summed E-state index contributed by atoms with van der Waals surface area (Å²) in [5.41, 5.74) is 4.03. The van der Waals surface area contributed by atoms with Crippen LogP contribution in [0, 0.1) is 6.92 Å². The third kappa shape index (κ3) is 3.86. The van der Waals surface area contributed by atoms with Crippen LogP contribution in [0.1, 0.15) is 11.1 Å². The molecule has 0 aromatic heterocycles. The van der Waals surface area contributed by atoms with Gasteiger partial charge in [0, 0.05) is 35.8 Å². The minimum atomic E-state index is 0.514. The van der Waals surface area contributed by atoms with Gasteiger partial charge < -0.3 is 10.2 Å². The first-order chi connectivity index (χ1) is 10.2. The summed E-state index contributed by atoms with van der Waals surface area (Å²) >= 11 is 3.61. The van der Waals surface area contributed by atoms with E-state index in [2.05, 4.69) is 81.6 Å². The van der Waals surface area contributed by atoms with Crippen LogP contribution in [0.3, 0.4) is 0 Å². The van der Waals surface area contributed by atoms with E-state index in [1.54, 1.807) is 0 Å². The van der Waals surface area contributed by atoms with Crippen LogP contribution in [-0.2, 0) is 6.42 Å². The summed E-state index contributed by atoms with van der Waals surface area (Å²) in [5, 5.41) is 3.64. The topological polar surface area (TPSA) is 15.3 Å². The molecule has 0 aliphatic carbocycles. The van der Waals surface area contributed by atoms with Crippen LogP contribution < -0.4 is 10.2 Å². The lowest BCUT2D eigenvalue weighted by molar-refractivity contribution is 0.454. The van der Waals surface area contributed by atoms with Crippen LogP contribution in [-0.4, -0.2) is 25.7 Å². The molecule has 1 N–H and O–H groups in total. The average molecular weight is 345 g/mol. The number of anilines is 1. The minimum absolute atomic E-state index is 0.514. The van der Waals surface area contributed by atoms with Gasteiger partial charge in [-0.1, -0.05) is 46.3 Å². The molecule has 3 rings (SSSR count). The number of hydrogen-bond acceptors (Lipinski definition) is 2. The summed E-state index contributed by atoms with van der Waals surface area (Å²) in [4.78, 5) is 2.49. The maximum atomic E-state index is 3.64. The van der Waals surface area contributed by atoms with Gasteiger partial charge in [0.25, 0.3) is 0 Å². The van der Waals surface area contributed by atoms with Crippen molar-refractivity contribution in [3.8, 4) is 0 Å². The molecule has 1 heterocycles. The Morgan fingerprint density at radius 3 is 2.76 bits per heavy atom. The molecule has 1 atom stereocenters. The fourth-order valence-corrected chi connectivity index (χ4v) is 3.59. The van der Waals surface area contributed by atoms with E-state index in [1.807, 2.05) is 0 Å². The van der Waals surface area contributed by atoms with Gasteiger partial charge in [-0.2, -0.15) is 0 Å². The molecule has 0 saturated carbocycles. The first kappa shape index (κ1) is 14.6. The van der Waals surface area contributed by atoms with Gasteiger partial charge in [-0.25, -0.2) is 0 Å². The van der Waals surface area contributed by atoms with E-state index in [0.29, 0.717) is 6.04 Å². The first-order valence-corrected chi connectivity index (χ1v) is 8.29. The maximum absolute atomic E-state index is 3.64. The fraction of sp³-hybridized carbons (Fsp3) is 0.333. The predicted molar refractivity (Wildman–Crippen MR) is 93.0 cm³/mol. The van der Waals surface area contributed by atoms with Crippen LogP contribution in [0.4, 0.5) is 5.69 Å². The Labute approximate surface area is 135 Å². The van der Waals surface area contributed by atoms with Gasteiger partial charge in [0.05, 0.1) is 0 Å². The summed E-state index contributed by atoms with van der Waals surface area (Å²) in [6.45, 7) is 5.33. The minimum Gasteiger partial charge on any atom is -0.369 e. The highest BCUT2D eigenvalue weighted by atomic mass is 79.9. The van der Waals surface area contributed by atoms with Crippen molar-refractivity contribution in [3.05, 3.63) is 64.1 Å². The molecule has 1 aliphatic heterocycles. The van der Waals surface area contributed by atoms with Crippen molar-refractivity contribution in [2.45, 2.75) is 19.4 Å². The van der Waals surface area contributed by atoms with Gasteiger partial charge in [0.1, 0.15) is 0 Å². The first-order valence-electron chi connectivity index (χ1n) is 7.50. The Balaban J connectivity index is 1.70. The molecule has 1 unspecified atom stereocenters. The number of hydrogen-bond donors (Lipinski definition) is 1. The van der Waals surface area contributed by atoms with Gasteiger partial charge in [-0.05, 0) is 42.7 Å². The summed E-state index contributed by atoms with van der Waals surface area (Å²) in [5.74, 6) is 0. The number of aryl methyl sites for hydroxylation is 1. The van der Waals surface area contributed by atoms with Crippen molar-refractivity contribution >= 4 is 21.6 Å². The van der Waals surface area contributed by atoms with Crippen molar-refractivity contribution in [1.82, 2.24) is 5.32 Å². The molecule has 0 radical (unpaired) electrons. The molecule has 0 bridgehead atoms. The number of benzene rings is 2. The highest BCUT2D eigenvalue weighted by Crippen LogP contribution is 2.24. The zero-order valence-corrected chi connectivity index (χ0v) is 13.9. The van der Waals surface area contributed by atoms with E-state index >= 15 is 0 Å². The van der Waals surface area contributed by atoms with Crippen LogP contribution in [0.2, 0.25) is 0 Å². The summed E-state index contributed by atoms with van der Waals surface area (Å²) in [6.07, 6.45) is 1.09. The number of nitrogens with one attached hydrogen (secondary N) is 1. The Kier molecular flexibility index (Phi) is 4.61. The Morgan fingerprint density at radius 1 is 1.19 bits per heavy atom. The molecule has 1 aliphatic rings. The SMILES string of the molecule is Cc1cc(Br)cc(N2CCNC(Cc3ccccc3)C2)c1. The number of rotatable bonds is 3. The third-order valence-electron chi connectivity index (χ3n) is 3.97. The van der Waals surface area contributed by atoms with Crippen molar-refractivity contribution < 1.29 is 0 Å².